The van der Waals surface area contributed by atoms with E-state index in [0.29, 0.717) is 6.42 Å². The van der Waals surface area contributed by atoms with Crippen molar-refractivity contribution in [3.05, 3.63) is 83.9 Å². The summed E-state index contributed by atoms with van der Waals surface area (Å²) in [5.74, 6) is -0.314. The first kappa shape index (κ1) is 21.8. The van der Waals surface area contributed by atoms with Crippen LogP contribution < -0.4 is 16.0 Å². The average Bonchev–Trinajstić information content (AvgIpc) is 2.79. The van der Waals surface area contributed by atoms with Crippen LogP contribution in [0.1, 0.15) is 30.5 Å². The minimum Gasteiger partial charge on any atom is -0.353 e. The summed E-state index contributed by atoms with van der Waals surface area (Å²) < 4.78 is 0. The van der Waals surface area contributed by atoms with E-state index in [-0.39, 0.29) is 24.9 Å². The maximum absolute atomic E-state index is 12.7. The Kier molecular flexibility index (Phi) is 7.61. The zero-order chi connectivity index (χ0) is 22.1. The number of hydrogen-bond donors (Lipinski definition) is 3. The Labute approximate surface area is 182 Å². The van der Waals surface area contributed by atoms with Gasteiger partial charge in [-0.1, -0.05) is 72.8 Å². The summed E-state index contributed by atoms with van der Waals surface area (Å²) in [7, 11) is 0. The molecule has 3 aromatic carbocycles. The van der Waals surface area contributed by atoms with Crippen LogP contribution in [0, 0.1) is 11.3 Å². The molecular weight excluding hydrogens is 388 g/mol. The predicted molar refractivity (Wildman–Crippen MR) is 121 cm³/mol. The second kappa shape index (κ2) is 10.8. The van der Waals surface area contributed by atoms with E-state index in [2.05, 4.69) is 16.0 Å². The van der Waals surface area contributed by atoms with Crippen LogP contribution in [0.15, 0.2) is 72.8 Å². The topological polar surface area (TPSA) is 94.0 Å². The van der Waals surface area contributed by atoms with Crippen molar-refractivity contribution in [1.29, 1.82) is 5.26 Å². The largest absolute Gasteiger partial charge is 0.353 e. The molecule has 2 unspecified atom stereocenters. The van der Waals surface area contributed by atoms with Crippen molar-refractivity contribution in [3.8, 4) is 6.07 Å². The van der Waals surface area contributed by atoms with E-state index in [1.807, 2.05) is 85.8 Å². The van der Waals surface area contributed by atoms with E-state index in [1.165, 1.54) is 0 Å². The first-order chi connectivity index (χ1) is 15.1. The molecular formula is C25H26N4O2. The molecule has 3 amide bonds. The molecule has 0 heterocycles. The molecule has 3 rings (SSSR count). The lowest BCUT2D eigenvalue weighted by atomic mass is 10.0. The van der Waals surface area contributed by atoms with Crippen molar-refractivity contribution in [1.82, 2.24) is 16.0 Å². The van der Waals surface area contributed by atoms with Gasteiger partial charge in [-0.2, -0.15) is 5.26 Å². The standard InChI is InChI=1S/C25H26N4O2/c1-18(20-8-3-2-4-9-20)28-25(31)29-23(24(30)27-15-7-14-26)17-19-12-13-21-10-5-6-11-22(21)16-19/h2-6,8-13,16,18,23H,7,15,17H2,1H3,(H,27,30)(H2,28,29,31). The fraction of sp³-hybridized carbons (Fsp3) is 0.240. The van der Waals surface area contributed by atoms with Crippen LogP contribution in [0.25, 0.3) is 10.8 Å². The number of carbonyl (C=O) groups is 2. The van der Waals surface area contributed by atoms with Crippen LogP contribution in [0.2, 0.25) is 0 Å². The highest BCUT2D eigenvalue weighted by Crippen LogP contribution is 2.17. The molecule has 2 atom stereocenters. The van der Waals surface area contributed by atoms with E-state index >= 15 is 0 Å². The molecule has 0 fully saturated rings. The average molecular weight is 415 g/mol. The number of amides is 3. The lowest BCUT2D eigenvalue weighted by Crippen LogP contribution is -2.51. The molecule has 0 aromatic heterocycles. The number of urea groups is 1. The third kappa shape index (κ3) is 6.31. The van der Waals surface area contributed by atoms with Gasteiger partial charge in [-0.25, -0.2) is 4.79 Å². The van der Waals surface area contributed by atoms with Crippen molar-refractivity contribution in [3.63, 3.8) is 0 Å². The van der Waals surface area contributed by atoms with Crippen LogP contribution in [-0.2, 0) is 11.2 Å². The second-order valence-electron chi connectivity index (χ2n) is 7.39. The Balaban J connectivity index is 1.71. The van der Waals surface area contributed by atoms with Gasteiger partial charge in [0.15, 0.2) is 0 Å². The molecule has 0 spiro atoms. The highest BCUT2D eigenvalue weighted by Gasteiger charge is 2.22. The maximum atomic E-state index is 12.7. The van der Waals surface area contributed by atoms with E-state index in [4.69, 9.17) is 5.26 Å². The minimum absolute atomic E-state index is 0.204. The van der Waals surface area contributed by atoms with Gasteiger partial charge in [-0.15, -0.1) is 0 Å². The molecule has 3 aromatic rings. The van der Waals surface area contributed by atoms with Crippen LogP contribution in [0.5, 0.6) is 0 Å². The molecule has 6 heteroatoms. The summed E-state index contributed by atoms with van der Waals surface area (Å²) in [6, 6.07) is 24.2. The number of nitrogens with zero attached hydrogens (tertiary/aromatic N) is 1. The normalized spacial score (nSPS) is 12.4. The van der Waals surface area contributed by atoms with E-state index in [0.717, 1.165) is 21.9 Å². The lowest BCUT2D eigenvalue weighted by Gasteiger charge is -2.21. The number of nitriles is 1. The molecule has 0 saturated heterocycles. The molecule has 0 aliphatic heterocycles. The molecule has 0 aliphatic rings. The maximum Gasteiger partial charge on any atom is 0.315 e. The van der Waals surface area contributed by atoms with Crippen molar-refractivity contribution in [2.24, 2.45) is 0 Å². The molecule has 0 aliphatic carbocycles. The molecule has 0 bridgehead atoms. The smallest absolute Gasteiger partial charge is 0.315 e. The van der Waals surface area contributed by atoms with Gasteiger partial charge in [0.1, 0.15) is 6.04 Å². The Morgan fingerprint density at radius 2 is 1.65 bits per heavy atom. The van der Waals surface area contributed by atoms with Crippen molar-refractivity contribution in [2.75, 3.05) is 6.54 Å². The van der Waals surface area contributed by atoms with Gasteiger partial charge in [0.05, 0.1) is 18.5 Å². The zero-order valence-electron chi connectivity index (χ0n) is 17.5. The van der Waals surface area contributed by atoms with Crippen molar-refractivity contribution in [2.45, 2.75) is 31.8 Å². The first-order valence-electron chi connectivity index (χ1n) is 10.3. The van der Waals surface area contributed by atoms with Gasteiger partial charge in [0.25, 0.3) is 0 Å². The Morgan fingerprint density at radius 3 is 2.39 bits per heavy atom. The van der Waals surface area contributed by atoms with Crippen LogP contribution in [0.4, 0.5) is 4.79 Å². The third-order valence-corrected chi connectivity index (χ3v) is 5.06. The Bertz CT molecular complexity index is 1080. The molecule has 31 heavy (non-hydrogen) atoms. The summed E-state index contributed by atoms with van der Waals surface area (Å²) >= 11 is 0. The third-order valence-electron chi connectivity index (χ3n) is 5.06. The number of hydrogen-bond acceptors (Lipinski definition) is 3. The van der Waals surface area contributed by atoms with Crippen LogP contribution in [-0.4, -0.2) is 24.5 Å². The highest BCUT2D eigenvalue weighted by molar-refractivity contribution is 5.88. The van der Waals surface area contributed by atoms with E-state index in [1.54, 1.807) is 0 Å². The van der Waals surface area contributed by atoms with Crippen molar-refractivity contribution < 1.29 is 9.59 Å². The molecule has 3 N–H and O–H groups in total. The minimum atomic E-state index is -0.761. The fourth-order valence-electron chi connectivity index (χ4n) is 3.40. The molecule has 0 saturated carbocycles. The van der Waals surface area contributed by atoms with Gasteiger partial charge in [0, 0.05) is 13.0 Å². The summed E-state index contributed by atoms with van der Waals surface area (Å²) in [4.78, 5) is 25.3. The number of carbonyl (C=O) groups excluding carboxylic acids is 2. The molecule has 6 nitrogen and oxygen atoms in total. The first-order valence-corrected chi connectivity index (χ1v) is 10.3. The fourth-order valence-corrected chi connectivity index (χ4v) is 3.40. The number of nitrogens with one attached hydrogen (secondary N) is 3. The molecule has 0 radical (unpaired) electrons. The quantitative estimate of drug-likeness (QED) is 0.489. The summed E-state index contributed by atoms with van der Waals surface area (Å²) in [5, 5.41) is 19.3. The summed E-state index contributed by atoms with van der Waals surface area (Å²) in [6.45, 7) is 2.13. The predicted octanol–water partition coefficient (Wildman–Crippen LogP) is 3.84. The van der Waals surface area contributed by atoms with Gasteiger partial charge < -0.3 is 16.0 Å². The summed E-state index contributed by atoms with van der Waals surface area (Å²) in [6.07, 6.45) is 0.558. The summed E-state index contributed by atoms with van der Waals surface area (Å²) in [5.41, 5.74) is 1.91. The van der Waals surface area contributed by atoms with Crippen LogP contribution in [0.3, 0.4) is 0 Å². The van der Waals surface area contributed by atoms with E-state index in [9.17, 15) is 9.59 Å². The highest BCUT2D eigenvalue weighted by atomic mass is 16.2. The number of benzene rings is 3. The van der Waals surface area contributed by atoms with Gasteiger partial charge in [-0.05, 0) is 28.8 Å². The molecule has 158 valence electrons. The van der Waals surface area contributed by atoms with Gasteiger partial charge in [0.2, 0.25) is 5.91 Å². The van der Waals surface area contributed by atoms with Gasteiger partial charge >= 0.3 is 6.03 Å². The van der Waals surface area contributed by atoms with Crippen molar-refractivity contribution >= 4 is 22.7 Å². The zero-order valence-corrected chi connectivity index (χ0v) is 17.5. The second-order valence-corrected chi connectivity index (χ2v) is 7.39. The monoisotopic (exact) mass is 414 g/mol. The lowest BCUT2D eigenvalue weighted by molar-refractivity contribution is -0.122. The Morgan fingerprint density at radius 1 is 0.935 bits per heavy atom. The number of rotatable bonds is 8. The van der Waals surface area contributed by atoms with Gasteiger partial charge in [-0.3, -0.25) is 4.79 Å². The van der Waals surface area contributed by atoms with E-state index < -0.39 is 12.1 Å². The number of fused-ring (bicyclic) bond motifs is 1. The Hall–Kier alpha value is -3.85. The van der Waals surface area contributed by atoms with Crippen LogP contribution >= 0.6 is 0 Å². The SMILES string of the molecule is CC(NC(=O)NC(Cc1ccc2ccccc2c1)C(=O)NCCC#N)c1ccccc1.